The Bertz CT molecular complexity index is 277. The van der Waals surface area contributed by atoms with Gasteiger partial charge in [-0.3, -0.25) is 0 Å². The van der Waals surface area contributed by atoms with Gasteiger partial charge >= 0.3 is 0 Å². The minimum atomic E-state index is -0.585. The van der Waals surface area contributed by atoms with Gasteiger partial charge in [0, 0.05) is 25.4 Å². The summed E-state index contributed by atoms with van der Waals surface area (Å²) >= 11 is 0. The average molecular weight is 196 g/mol. The molecule has 1 N–H and O–H groups in total. The van der Waals surface area contributed by atoms with Crippen LogP contribution in [0.25, 0.3) is 0 Å². The van der Waals surface area contributed by atoms with Crippen LogP contribution in [-0.2, 0) is 13.0 Å². The normalized spacial score (nSPS) is 12.0. The van der Waals surface area contributed by atoms with E-state index in [1.54, 1.807) is 6.20 Å². The van der Waals surface area contributed by atoms with E-state index in [-0.39, 0.29) is 0 Å². The molecule has 0 aliphatic rings. The van der Waals surface area contributed by atoms with Gasteiger partial charge in [0.1, 0.15) is 5.82 Å². The molecule has 14 heavy (non-hydrogen) atoms. The summed E-state index contributed by atoms with van der Waals surface area (Å²) in [6.07, 6.45) is 5.96. The van der Waals surface area contributed by atoms with Crippen LogP contribution in [0.5, 0.6) is 0 Å². The molecule has 0 bridgehead atoms. The van der Waals surface area contributed by atoms with E-state index >= 15 is 0 Å². The molecular weight excluding hydrogens is 176 g/mol. The molecule has 0 atom stereocenters. The minimum absolute atomic E-state index is 0.585. The Morgan fingerprint density at radius 3 is 2.50 bits per heavy atom. The molecule has 0 fully saturated rings. The summed E-state index contributed by atoms with van der Waals surface area (Å²) in [7, 11) is 0. The molecule has 0 amide bonds. The van der Waals surface area contributed by atoms with Crippen LogP contribution in [0.15, 0.2) is 12.4 Å². The molecular formula is C11H20N2O. The van der Waals surface area contributed by atoms with Crippen LogP contribution in [0.2, 0.25) is 0 Å². The molecule has 0 radical (unpaired) electrons. The van der Waals surface area contributed by atoms with Crippen LogP contribution < -0.4 is 0 Å². The zero-order chi connectivity index (χ0) is 10.6. The van der Waals surface area contributed by atoms with Crippen LogP contribution in [0.4, 0.5) is 0 Å². The third kappa shape index (κ3) is 2.35. The van der Waals surface area contributed by atoms with E-state index in [1.165, 1.54) is 0 Å². The van der Waals surface area contributed by atoms with Crippen molar-refractivity contribution in [1.82, 2.24) is 9.55 Å². The molecule has 0 aliphatic carbocycles. The maximum atomic E-state index is 10.2. The van der Waals surface area contributed by atoms with Crippen molar-refractivity contribution in [3.8, 4) is 0 Å². The van der Waals surface area contributed by atoms with Crippen molar-refractivity contribution in [1.29, 1.82) is 0 Å². The van der Waals surface area contributed by atoms with Crippen molar-refractivity contribution in [2.24, 2.45) is 0 Å². The predicted molar refractivity (Wildman–Crippen MR) is 57.1 cm³/mol. The first-order chi connectivity index (χ1) is 6.65. The number of aryl methyl sites for hydroxylation is 1. The molecule has 1 aromatic heterocycles. The van der Waals surface area contributed by atoms with Gasteiger partial charge in [-0.25, -0.2) is 4.98 Å². The highest BCUT2D eigenvalue weighted by atomic mass is 16.3. The van der Waals surface area contributed by atoms with Gasteiger partial charge in [-0.1, -0.05) is 13.8 Å². The number of nitrogens with zero attached hydrogens (tertiary/aromatic N) is 2. The second kappa shape index (κ2) is 4.60. The Labute approximate surface area is 85.8 Å². The van der Waals surface area contributed by atoms with Crippen molar-refractivity contribution < 1.29 is 5.11 Å². The van der Waals surface area contributed by atoms with E-state index in [0.29, 0.717) is 6.42 Å². The van der Waals surface area contributed by atoms with E-state index in [0.717, 1.165) is 25.2 Å². The fraction of sp³-hybridized carbons (Fsp3) is 0.727. The molecule has 1 rings (SSSR count). The number of imidazole rings is 1. The topological polar surface area (TPSA) is 38.0 Å². The van der Waals surface area contributed by atoms with Crippen molar-refractivity contribution in [2.75, 3.05) is 0 Å². The lowest BCUT2D eigenvalue weighted by molar-refractivity contribution is 0.0300. The van der Waals surface area contributed by atoms with Crippen molar-refractivity contribution >= 4 is 0 Å². The number of hydrogen-bond acceptors (Lipinski definition) is 2. The smallest absolute Gasteiger partial charge is 0.111 e. The van der Waals surface area contributed by atoms with E-state index in [2.05, 4.69) is 16.5 Å². The number of rotatable bonds is 5. The van der Waals surface area contributed by atoms with Crippen molar-refractivity contribution in [3.63, 3.8) is 0 Å². The molecule has 1 aromatic rings. The molecule has 0 aromatic carbocycles. The fourth-order valence-corrected chi connectivity index (χ4v) is 1.59. The summed E-state index contributed by atoms with van der Waals surface area (Å²) in [5.74, 6) is 0.985. The zero-order valence-corrected chi connectivity index (χ0v) is 9.32. The van der Waals surface area contributed by atoms with Gasteiger partial charge in [0.2, 0.25) is 0 Å². The minimum Gasteiger partial charge on any atom is -0.389 e. The molecule has 3 heteroatoms. The third-order valence-electron chi connectivity index (χ3n) is 2.95. The summed E-state index contributed by atoms with van der Waals surface area (Å²) in [5.41, 5.74) is -0.585. The monoisotopic (exact) mass is 196 g/mol. The lowest BCUT2D eigenvalue weighted by Gasteiger charge is -2.24. The second-order valence-electron chi connectivity index (χ2n) is 3.74. The number of aromatic nitrogens is 2. The van der Waals surface area contributed by atoms with E-state index in [4.69, 9.17) is 0 Å². The van der Waals surface area contributed by atoms with Gasteiger partial charge in [-0.15, -0.1) is 0 Å². The number of aliphatic hydroxyl groups is 1. The second-order valence-corrected chi connectivity index (χ2v) is 3.74. The lowest BCUT2D eigenvalue weighted by Crippen LogP contribution is -2.30. The summed E-state index contributed by atoms with van der Waals surface area (Å²) < 4.78 is 2.08. The Morgan fingerprint density at radius 2 is 2.00 bits per heavy atom. The Kier molecular flexibility index (Phi) is 3.69. The van der Waals surface area contributed by atoms with Gasteiger partial charge in [-0.05, 0) is 19.8 Å². The first-order valence-corrected chi connectivity index (χ1v) is 5.37. The summed E-state index contributed by atoms with van der Waals surface area (Å²) in [5, 5.41) is 10.2. The van der Waals surface area contributed by atoms with E-state index < -0.39 is 5.60 Å². The summed E-state index contributed by atoms with van der Waals surface area (Å²) in [6.45, 7) is 7.03. The maximum Gasteiger partial charge on any atom is 0.111 e. The van der Waals surface area contributed by atoms with Gasteiger partial charge in [0.15, 0.2) is 0 Å². The van der Waals surface area contributed by atoms with E-state index in [9.17, 15) is 5.11 Å². The number of hydrogen-bond donors (Lipinski definition) is 1. The van der Waals surface area contributed by atoms with Crippen LogP contribution in [-0.4, -0.2) is 20.3 Å². The summed E-state index contributed by atoms with van der Waals surface area (Å²) in [6, 6.07) is 0. The van der Waals surface area contributed by atoms with Gasteiger partial charge < -0.3 is 9.67 Å². The van der Waals surface area contributed by atoms with E-state index in [1.807, 2.05) is 20.0 Å². The maximum absolute atomic E-state index is 10.2. The molecule has 0 saturated heterocycles. The van der Waals surface area contributed by atoms with Gasteiger partial charge in [0.25, 0.3) is 0 Å². The van der Waals surface area contributed by atoms with Crippen LogP contribution in [0.1, 0.15) is 39.4 Å². The van der Waals surface area contributed by atoms with Crippen molar-refractivity contribution in [3.05, 3.63) is 18.2 Å². The van der Waals surface area contributed by atoms with Crippen molar-refractivity contribution in [2.45, 2.75) is 52.2 Å². The molecule has 80 valence electrons. The largest absolute Gasteiger partial charge is 0.389 e. The predicted octanol–water partition coefficient (Wildman–Crippen LogP) is 2.00. The Balaban J connectivity index is 2.76. The quantitative estimate of drug-likeness (QED) is 0.782. The van der Waals surface area contributed by atoms with Gasteiger partial charge in [0.05, 0.1) is 5.60 Å². The van der Waals surface area contributed by atoms with Crippen LogP contribution >= 0.6 is 0 Å². The highest BCUT2D eigenvalue weighted by Gasteiger charge is 2.24. The molecule has 1 heterocycles. The SMILES string of the molecule is CCn1ccnc1CC(O)(CC)CC. The molecule has 0 spiro atoms. The first kappa shape index (κ1) is 11.2. The first-order valence-electron chi connectivity index (χ1n) is 5.37. The molecule has 0 saturated carbocycles. The van der Waals surface area contributed by atoms with Crippen LogP contribution in [0.3, 0.4) is 0 Å². The zero-order valence-electron chi connectivity index (χ0n) is 9.32. The van der Waals surface area contributed by atoms with Crippen LogP contribution in [0, 0.1) is 0 Å². The third-order valence-corrected chi connectivity index (χ3v) is 2.95. The molecule has 3 nitrogen and oxygen atoms in total. The highest BCUT2D eigenvalue weighted by molar-refractivity contribution is 4.98. The lowest BCUT2D eigenvalue weighted by atomic mass is 9.93. The summed E-state index contributed by atoms with van der Waals surface area (Å²) in [4.78, 5) is 4.27. The molecule has 0 aliphatic heterocycles. The fourth-order valence-electron chi connectivity index (χ4n) is 1.59. The standard InChI is InChI=1S/C11H20N2O/c1-4-11(14,5-2)9-10-12-7-8-13(10)6-3/h7-8,14H,4-6,9H2,1-3H3. The Hall–Kier alpha value is -0.830. The highest BCUT2D eigenvalue weighted by Crippen LogP contribution is 2.19. The Morgan fingerprint density at radius 1 is 1.36 bits per heavy atom. The molecule has 0 unspecified atom stereocenters. The van der Waals surface area contributed by atoms with Gasteiger partial charge in [-0.2, -0.15) is 0 Å². The average Bonchev–Trinajstić information content (AvgIpc) is 2.65.